The molecule has 0 aliphatic carbocycles. The van der Waals surface area contributed by atoms with Gasteiger partial charge < -0.3 is 4.90 Å². The summed E-state index contributed by atoms with van der Waals surface area (Å²) < 4.78 is 29.0. The van der Waals surface area contributed by atoms with E-state index in [4.69, 9.17) is 0 Å². The van der Waals surface area contributed by atoms with Crippen molar-refractivity contribution in [3.8, 4) is 0 Å². The van der Waals surface area contributed by atoms with Crippen LogP contribution in [-0.4, -0.2) is 26.1 Å². The van der Waals surface area contributed by atoms with Crippen molar-refractivity contribution in [1.29, 1.82) is 0 Å². The Morgan fingerprint density at radius 2 is 2.12 bits per heavy atom. The topological polar surface area (TPSA) is 76.6 Å². The molecule has 1 aliphatic rings. The Hall–Kier alpha value is -3.10. The Morgan fingerprint density at radius 1 is 1.28 bits per heavy atom. The molecular weight excluding hydrogens is 332 g/mol. The molecule has 9 heteroatoms. The smallest absolute Gasteiger partial charge is 0.333 e. The molecule has 0 bridgehead atoms. The molecule has 0 spiro atoms. The summed E-state index contributed by atoms with van der Waals surface area (Å²) in [6.07, 6.45) is 4.14. The Kier molecular flexibility index (Phi) is 3.56. The van der Waals surface area contributed by atoms with Crippen molar-refractivity contribution in [3.63, 3.8) is 0 Å². The van der Waals surface area contributed by atoms with E-state index in [1.807, 2.05) is 4.90 Å². The van der Waals surface area contributed by atoms with Crippen LogP contribution in [0.2, 0.25) is 0 Å². The molecule has 7 nitrogen and oxygen atoms in total. The monoisotopic (exact) mass is 345 g/mol. The molecule has 1 aromatic carbocycles. The molecule has 1 saturated heterocycles. The van der Waals surface area contributed by atoms with E-state index in [2.05, 4.69) is 10.1 Å². The third kappa shape index (κ3) is 2.57. The minimum absolute atomic E-state index is 0.118. The van der Waals surface area contributed by atoms with Crippen molar-refractivity contribution < 1.29 is 13.7 Å². The van der Waals surface area contributed by atoms with Crippen molar-refractivity contribution in [2.24, 2.45) is 0 Å². The lowest BCUT2D eigenvalue weighted by Gasteiger charge is -2.26. The molecule has 128 valence electrons. The Balaban J connectivity index is 1.77. The number of fused-ring (bicyclic) bond motifs is 1. The first-order valence-corrected chi connectivity index (χ1v) is 7.75. The van der Waals surface area contributed by atoms with Gasteiger partial charge in [0.15, 0.2) is 0 Å². The number of benzene rings is 1. The highest BCUT2D eigenvalue weighted by Crippen LogP contribution is 2.37. The van der Waals surface area contributed by atoms with Gasteiger partial charge in [-0.1, -0.05) is 0 Å². The van der Waals surface area contributed by atoms with Gasteiger partial charge in [0.25, 0.3) is 0 Å². The number of aromatic nitrogens is 3. The lowest BCUT2D eigenvalue weighted by atomic mass is 10.0. The van der Waals surface area contributed by atoms with Gasteiger partial charge in [0.05, 0.1) is 11.0 Å². The first kappa shape index (κ1) is 15.4. The number of anilines is 1. The second-order valence-electron chi connectivity index (χ2n) is 5.86. The van der Waals surface area contributed by atoms with Crippen LogP contribution in [0, 0.1) is 21.7 Å². The van der Waals surface area contributed by atoms with Gasteiger partial charge >= 0.3 is 5.69 Å². The average molecular weight is 345 g/mol. The van der Waals surface area contributed by atoms with Crippen molar-refractivity contribution in [3.05, 3.63) is 64.0 Å². The number of rotatable bonds is 3. The SMILES string of the molecule is O=[N+]([O-])c1cnn2ccc(N3CCCC3c3cc(F)ccc3F)nc12. The summed E-state index contributed by atoms with van der Waals surface area (Å²) in [5.41, 5.74) is 0.185. The van der Waals surface area contributed by atoms with Gasteiger partial charge in [-0.3, -0.25) is 10.1 Å². The van der Waals surface area contributed by atoms with E-state index in [1.54, 1.807) is 12.3 Å². The van der Waals surface area contributed by atoms with Crippen LogP contribution in [-0.2, 0) is 0 Å². The molecule has 1 aliphatic heterocycles. The van der Waals surface area contributed by atoms with Crippen LogP contribution in [0.1, 0.15) is 24.4 Å². The van der Waals surface area contributed by atoms with Gasteiger partial charge in [-0.2, -0.15) is 5.10 Å². The molecule has 1 unspecified atom stereocenters. The molecule has 0 amide bonds. The Bertz CT molecular complexity index is 974. The van der Waals surface area contributed by atoms with Gasteiger partial charge in [0.2, 0.25) is 5.65 Å². The summed E-state index contributed by atoms with van der Waals surface area (Å²) in [4.78, 5) is 16.7. The summed E-state index contributed by atoms with van der Waals surface area (Å²) in [6, 6.07) is 4.68. The van der Waals surface area contributed by atoms with Crippen molar-refractivity contribution in [1.82, 2.24) is 14.6 Å². The fourth-order valence-corrected chi connectivity index (χ4v) is 3.27. The molecule has 0 radical (unpaired) electrons. The molecule has 4 rings (SSSR count). The van der Waals surface area contributed by atoms with E-state index in [-0.39, 0.29) is 22.9 Å². The molecule has 1 fully saturated rings. The number of hydrogen-bond donors (Lipinski definition) is 0. The maximum absolute atomic E-state index is 14.2. The Morgan fingerprint density at radius 3 is 2.92 bits per heavy atom. The number of halogens is 2. The maximum Gasteiger partial charge on any atom is 0.333 e. The van der Waals surface area contributed by atoms with Crippen LogP contribution in [0.5, 0.6) is 0 Å². The zero-order valence-electron chi connectivity index (χ0n) is 13.0. The predicted molar refractivity (Wildman–Crippen MR) is 85.3 cm³/mol. The number of nitrogens with zero attached hydrogens (tertiary/aromatic N) is 5. The van der Waals surface area contributed by atoms with E-state index >= 15 is 0 Å². The number of hydrogen-bond acceptors (Lipinski definition) is 5. The molecule has 3 aromatic rings. The first-order chi connectivity index (χ1) is 12.0. The van der Waals surface area contributed by atoms with Gasteiger partial charge in [-0.15, -0.1) is 0 Å². The van der Waals surface area contributed by atoms with Gasteiger partial charge in [0, 0.05) is 18.3 Å². The van der Waals surface area contributed by atoms with Crippen molar-refractivity contribution in [2.45, 2.75) is 18.9 Å². The summed E-state index contributed by atoms with van der Waals surface area (Å²) >= 11 is 0. The van der Waals surface area contributed by atoms with Crippen LogP contribution in [0.4, 0.5) is 20.3 Å². The highest BCUT2D eigenvalue weighted by Gasteiger charge is 2.30. The van der Waals surface area contributed by atoms with Gasteiger partial charge in [-0.25, -0.2) is 18.3 Å². The van der Waals surface area contributed by atoms with Crippen LogP contribution in [0.3, 0.4) is 0 Å². The normalized spacial score (nSPS) is 17.4. The van der Waals surface area contributed by atoms with Gasteiger partial charge in [0.1, 0.15) is 23.6 Å². The predicted octanol–water partition coefficient (Wildman–Crippen LogP) is 3.26. The zero-order chi connectivity index (χ0) is 17.6. The molecule has 3 heterocycles. The lowest BCUT2D eigenvalue weighted by molar-refractivity contribution is -0.383. The fraction of sp³-hybridized carbons (Fsp3) is 0.250. The second-order valence-corrected chi connectivity index (χ2v) is 5.86. The maximum atomic E-state index is 14.2. The molecule has 2 aromatic heterocycles. The molecule has 0 N–H and O–H groups in total. The molecular formula is C16H13F2N5O2. The van der Waals surface area contributed by atoms with Crippen LogP contribution >= 0.6 is 0 Å². The highest BCUT2D eigenvalue weighted by molar-refractivity contribution is 5.61. The van der Waals surface area contributed by atoms with Crippen LogP contribution in [0.25, 0.3) is 5.65 Å². The Labute approximate surface area is 140 Å². The molecule has 1 atom stereocenters. The molecule has 0 saturated carbocycles. The summed E-state index contributed by atoms with van der Waals surface area (Å²) in [7, 11) is 0. The van der Waals surface area contributed by atoms with E-state index in [0.29, 0.717) is 18.8 Å². The highest BCUT2D eigenvalue weighted by atomic mass is 19.1. The van der Waals surface area contributed by atoms with E-state index in [0.717, 1.165) is 24.8 Å². The van der Waals surface area contributed by atoms with Crippen LogP contribution in [0.15, 0.2) is 36.7 Å². The zero-order valence-corrected chi connectivity index (χ0v) is 13.0. The quantitative estimate of drug-likeness (QED) is 0.538. The van der Waals surface area contributed by atoms with E-state index in [9.17, 15) is 18.9 Å². The van der Waals surface area contributed by atoms with E-state index < -0.39 is 16.6 Å². The minimum Gasteiger partial charge on any atom is -0.349 e. The second kappa shape index (κ2) is 5.76. The molecule has 25 heavy (non-hydrogen) atoms. The fourth-order valence-electron chi connectivity index (χ4n) is 3.27. The van der Waals surface area contributed by atoms with Gasteiger partial charge in [-0.05, 0) is 37.1 Å². The number of nitro groups is 1. The van der Waals surface area contributed by atoms with E-state index in [1.165, 1.54) is 10.6 Å². The third-order valence-electron chi connectivity index (χ3n) is 4.40. The summed E-state index contributed by atoms with van der Waals surface area (Å²) in [5.74, 6) is -0.505. The summed E-state index contributed by atoms with van der Waals surface area (Å²) in [5, 5.41) is 15.0. The van der Waals surface area contributed by atoms with Crippen molar-refractivity contribution in [2.75, 3.05) is 11.4 Å². The standard InChI is InChI=1S/C16H13F2N5O2/c17-10-3-4-12(18)11(8-10)13-2-1-6-21(13)15-5-7-22-16(20-15)14(9-19-22)23(24)25/h3-5,7-9,13H,1-2,6H2. The lowest BCUT2D eigenvalue weighted by Crippen LogP contribution is -2.24. The largest absolute Gasteiger partial charge is 0.349 e. The summed E-state index contributed by atoms with van der Waals surface area (Å²) in [6.45, 7) is 0.603. The van der Waals surface area contributed by atoms with Crippen LogP contribution < -0.4 is 4.90 Å². The first-order valence-electron chi connectivity index (χ1n) is 7.75. The minimum atomic E-state index is -0.549. The average Bonchev–Trinajstić information content (AvgIpc) is 3.22. The third-order valence-corrected chi connectivity index (χ3v) is 4.40. The van der Waals surface area contributed by atoms with Crippen molar-refractivity contribution >= 4 is 17.2 Å².